The first-order valence-electron chi connectivity index (χ1n) is 6.78. The Labute approximate surface area is 124 Å². The molecule has 0 aliphatic heterocycles. The minimum Gasteiger partial charge on any atom is -0.349 e. The molecule has 2 aromatic rings. The summed E-state index contributed by atoms with van der Waals surface area (Å²) in [5, 5.41) is 3.48. The number of hydrogen-bond acceptors (Lipinski definition) is 1. The van der Waals surface area contributed by atoms with Gasteiger partial charge in [0, 0.05) is 30.5 Å². The Morgan fingerprint density at radius 3 is 2.70 bits per heavy atom. The maximum atomic E-state index is 13.9. The predicted octanol–water partition coefficient (Wildman–Crippen LogP) is 4.25. The van der Waals surface area contributed by atoms with Crippen molar-refractivity contribution in [1.29, 1.82) is 0 Å². The molecule has 0 radical (unpaired) electrons. The summed E-state index contributed by atoms with van der Waals surface area (Å²) in [6.07, 6.45) is 4.03. The smallest absolute Gasteiger partial charge is 0.146 e. The first-order chi connectivity index (χ1) is 9.52. The van der Waals surface area contributed by atoms with Gasteiger partial charge < -0.3 is 9.88 Å². The molecule has 2 nitrogen and oxygen atoms in total. The summed E-state index contributed by atoms with van der Waals surface area (Å²) < 4.78 is 15.9. The molecule has 0 spiro atoms. The van der Waals surface area contributed by atoms with Crippen molar-refractivity contribution in [3.05, 3.63) is 58.6 Å². The molecule has 0 fully saturated rings. The van der Waals surface area contributed by atoms with E-state index in [0.717, 1.165) is 0 Å². The first-order valence-corrected chi connectivity index (χ1v) is 7.16. The lowest BCUT2D eigenvalue weighted by molar-refractivity contribution is 0.442. The van der Waals surface area contributed by atoms with Gasteiger partial charge in [-0.3, -0.25) is 0 Å². The van der Waals surface area contributed by atoms with E-state index in [1.165, 1.54) is 5.56 Å². The molecule has 0 amide bonds. The van der Waals surface area contributed by atoms with Gasteiger partial charge in [-0.15, -0.1) is 0 Å². The Bertz CT molecular complexity index is 578. The summed E-state index contributed by atoms with van der Waals surface area (Å²) in [6, 6.07) is 7.48. The minimum absolute atomic E-state index is 0.171. The lowest BCUT2D eigenvalue weighted by Crippen LogP contribution is -2.21. The summed E-state index contributed by atoms with van der Waals surface area (Å²) in [4.78, 5) is 0. The molecule has 1 atom stereocenters. The molecular weight excluding hydrogens is 275 g/mol. The van der Waals surface area contributed by atoms with Crippen LogP contribution in [-0.2, 0) is 6.54 Å². The van der Waals surface area contributed by atoms with Gasteiger partial charge in [-0.05, 0) is 30.7 Å². The molecular formula is C16H20ClFN2. The molecule has 1 aromatic carbocycles. The molecule has 0 aliphatic carbocycles. The van der Waals surface area contributed by atoms with Crippen LogP contribution < -0.4 is 5.32 Å². The number of aromatic nitrogens is 1. The predicted molar refractivity (Wildman–Crippen MR) is 81.6 cm³/mol. The Balaban J connectivity index is 2.19. The van der Waals surface area contributed by atoms with Gasteiger partial charge in [-0.25, -0.2) is 4.39 Å². The summed E-state index contributed by atoms with van der Waals surface area (Å²) >= 11 is 5.81. The van der Waals surface area contributed by atoms with Crippen molar-refractivity contribution in [2.24, 2.45) is 5.92 Å². The fraction of sp³-hybridized carbons (Fsp3) is 0.375. The number of nitrogens with zero attached hydrogens (tertiary/aromatic N) is 1. The summed E-state index contributed by atoms with van der Waals surface area (Å²) in [6.45, 7) is 4.84. The number of rotatable bonds is 5. The van der Waals surface area contributed by atoms with Crippen molar-refractivity contribution in [1.82, 2.24) is 9.88 Å². The Morgan fingerprint density at radius 2 is 2.05 bits per heavy atom. The molecule has 1 unspecified atom stereocenters. The first kappa shape index (κ1) is 15.1. The van der Waals surface area contributed by atoms with Crippen molar-refractivity contribution >= 4 is 11.6 Å². The fourth-order valence-electron chi connectivity index (χ4n) is 2.49. The van der Waals surface area contributed by atoms with Crippen molar-refractivity contribution in [3.63, 3.8) is 0 Å². The van der Waals surface area contributed by atoms with E-state index in [4.69, 9.17) is 11.6 Å². The molecule has 1 aromatic heterocycles. The molecule has 108 valence electrons. The van der Waals surface area contributed by atoms with Crippen LogP contribution in [0, 0.1) is 11.7 Å². The molecule has 0 saturated carbocycles. The standard InChI is InChI=1S/C16H20ClFN2/c1-11(2)16(19-3)13-7-8-20(10-13)9-12-5-4-6-14(17)15(12)18/h4-8,10-11,16,19H,9H2,1-3H3. The van der Waals surface area contributed by atoms with Gasteiger partial charge in [-0.1, -0.05) is 37.6 Å². The second-order valence-corrected chi connectivity index (χ2v) is 5.75. The lowest BCUT2D eigenvalue weighted by Gasteiger charge is -2.18. The third kappa shape index (κ3) is 3.22. The van der Waals surface area contributed by atoms with E-state index in [2.05, 4.69) is 31.4 Å². The molecule has 0 bridgehead atoms. The van der Waals surface area contributed by atoms with Crippen LogP contribution in [0.4, 0.5) is 4.39 Å². The molecule has 1 heterocycles. The van der Waals surface area contributed by atoms with Gasteiger partial charge in [0.1, 0.15) is 5.82 Å². The van der Waals surface area contributed by atoms with Gasteiger partial charge in [0.25, 0.3) is 0 Å². The van der Waals surface area contributed by atoms with Gasteiger partial charge in [0.15, 0.2) is 0 Å². The van der Waals surface area contributed by atoms with Gasteiger partial charge in [0.2, 0.25) is 0 Å². The van der Waals surface area contributed by atoms with E-state index in [0.29, 0.717) is 24.1 Å². The van der Waals surface area contributed by atoms with E-state index in [9.17, 15) is 4.39 Å². The summed E-state index contributed by atoms with van der Waals surface area (Å²) in [5.74, 6) is 0.164. The van der Waals surface area contributed by atoms with Crippen LogP contribution in [0.5, 0.6) is 0 Å². The van der Waals surface area contributed by atoms with Gasteiger partial charge in [0.05, 0.1) is 5.02 Å². The van der Waals surface area contributed by atoms with Crippen molar-refractivity contribution < 1.29 is 4.39 Å². The summed E-state index contributed by atoms with van der Waals surface area (Å²) in [5.41, 5.74) is 1.81. The minimum atomic E-state index is -0.335. The number of benzene rings is 1. The van der Waals surface area contributed by atoms with E-state index >= 15 is 0 Å². The van der Waals surface area contributed by atoms with Crippen LogP contribution in [-0.4, -0.2) is 11.6 Å². The van der Waals surface area contributed by atoms with E-state index in [1.807, 2.05) is 17.8 Å². The zero-order valence-corrected chi connectivity index (χ0v) is 12.8. The average molecular weight is 295 g/mol. The van der Waals surface area contributed by atoms with E-state index in [-0.39, 0.29) is 10.8 Å². The van der Waals surface area contributed by atoms with Crippen LogP contribution in [0.2, 0.25) is 5.02 Å². The number of nitrogens with one attached hydrogen (secondary N) is 1. The third-order valence-electron chi connectivity index (χ3n) is 3.49. The van der Waals surface area contributed by atoms with Crippen LogP contribution in [0.15, 0.2) is 36.7 Å². The molecule has 2 rings (SSSR count). The Morgan fingerprint density at radius 1 is 1.30 bits per heavy atom. The monoisotopic (exact) mass is 294 g/mol. The van der Waals surface area contributed by atoms with Crippen LogP contribution >= 0.6 is 11.6 Å². The van der Waals surface area contributed by atoms with Crippen LogP contribution in [0.1, 0.15) is 31.0 Å². The fourth-order valence-corrected chi connectivity index (χ4v) is 2.69. The second kappa shape index (κ2) is 6.42. The maximum Gasteiger partial charge on any atom is 0.146 e. The quantitative estimate of drug-likeness (QED) is 0.872. The third-order valence-corrected chi connectivity index (χ3v) is 3.79. The lowest BCUT2D eigenvalue weighted by atomic mass is 9.99. The molecule has 20 heavy (non-hydrogen) atoms. The zero-order valence-electron chi connectivity index (χ0n) is 12.0. The van der Waals surface area contributed by atoms with Crippen LogP contribution in [0.25, 0.3) is 0 Å². The topological polar surface area (TPSA) is 17.0 Å². The Kier molecular flexibility index (Phi) is 4.84. The molecule has 4 heteroatoms. The van der Waals surface area contributed by atoms with E-state index in [1.54, 1.807) is 18.2 Å². The maximum absolute atomic E-state index is 13.9. The van der Waals surface area contributed by atoms with Crippen molar-refractivity contribution in [2.75, 3.05) is 7.05 Å². The summed E-state index contributed by atoms with van der Waals surface area (Å²) in [7, 11) is 1.96. The Hall–Kier alpha value is -1.32. The SMILES string of the molecule is CNC(c1ccn(Cc2cccc(Cl)c2F)c1)C(C)C. The highest BCUT2D eigenvalue weighted by atomic mass is 35.5. The highest BCUT2D eigenvalue weighted by Crippen LogP contribution is 2.23. The number of halogens is 2. The van der Waals surface area contributed by atoms with Gasteiger partial charge >= 0.3 is 0 Å². The normalized spacial score (nSPS) is 12.9. The van der Waals surface area contributed by atoms with Crippen molar-refractivity contribution in [3.8, 4) is 0 Å². The highest BCUT2D eigenvalue weighted by molar-refractivity contribution is 6.30. The zero-order chi connectivity index (χ0) is 14.7. The van der Waals surface area contributed by atoms with Crippen molar-refractivity contribution in [2.45, 2.75) is 26.4 Å². The molecule has 1 N–H and O–H groups in total. The molecule has 0 aliphatic rings. The van der Waals surface area contributed by atoms with E-state index < -0.39 is 0 Å². The largest absolute Gasteiger partial charge is 0.349 e. The van der Waals surface area contributed by atoms with Gasteiger partial charge in [-0.2, -0.15) is 0 Å². The average Bonchev–Trinajstić information content (AvgIpc) is 2.84. The highest BCUT2D eigenvalue weighted by Gasteiger charge is 2.15. The van der Waals surface area contributed by atoms with Crippen LogP contribution in [0.3, 0.4) is 0 Å². The second-order valence-electron chi connectivity index (χ2n) is 5.34. The molecule has 0 saturated heterocycles. The number of hydrogen-bond donors (Lipinski definition) is 1.